The zero-order chi connectivity index (χ0) is 18.8. The molecule has 25 heavy (non-hydrogen) atoms. The van der Waals surface area contributed by atoms with E-state index in [0.717, 1.165) is 35.4 Å². The van der Waals surface area contributed by atoms with Crippen molar-refractivity contribution in [2.75, 3.05) is 14.2 Å². The minimum Gasteiger partial charge on any atom is -0.496 e. The summed E-state index contributed by atoms with van der Waals surface area (Å²) in [6.07, 6.45) is 3.48. The molecule has 1 aliphatic rings. The van der Waals surface area contributed by atoms with Gasteiger partial charge in [-0.3, -0.25) is 0 Å². The van der Waals surface area contributed by atoms with Crippen molar-refractivity contribution in [3.63, 3.8) is 0 Å². The molecule has 0 saturated carbocycles. The average Bonchev–Trinajstić information content (AvgIpc) is 2.73. The number of methoxy groups -OCH3 is 2. The van der Waals surface area contributed by atoms with Gasteiger partial charge in [-0.25, -0.2) is 0 Å². The first-order valence-electron chi connectivity index (χ1n) is 8.84. The Bertz CT molecular complexity index is 608. The molecule has 0 bridgehead atoms. The monoisotopic (exact) mass is 346 g/mol. The fraction of sp³-hybridized carbons (Fsp3) is 0.600. The van der Waals surface area contributed by atoms with Gasteiger partial charge in [0.1, 0.15) is 11.5 Å². The molecule has 1 fully saturated rings. The highest BCUT2D eigenvalue weighted by molar-refractivity contribution is 6.45. The van der Waals surface area contributed by atoms with Crippen LogP contribution in [0.25, 0.3) is 0 Å². The van der Waals surface area contributed by atoms with Gasteiger partial charge in [-0.05, 0) is 71.0 Å². The summed E-state index contributed by atoms with van der Waals surface area (Å²) in [6, 6.07) is 4.09. The van der Waals surface area contributed by atoms with Crippen LogP contribution in [0.2, 0.25) is 6.32 Å². The van der Waals surface area contributed by atoms with E-state index in [1.807, 2.05) is 19.1 Å². The van der Waals surface area contributed by atoms with Crippen LogP contribution in [0.15, 0.2) is 24.8 Å². The van der Waals surface area contributed by atoms with Crippen LogP contribution < -0.4 is 9.47 Å². The fourth-order valence-corrected chi connectivity index (χ4v) is 3.24. The predicted octanol–water partition coefficient (Wildman–Crippen LogP) is 4.76. The van der Waals surface area contributed by atoms with Crippen molar-refractivity contribution in [2.24, 2.45) is 0 Å². The first-order chi connectivity index (χ1) is 11.6. The molecule has 1 aliphatic heterocycles. The van der Waals surface area contributed by atoms with E-state index in [2.05, 4.69) is 40.3 Å². The topological polar surface area (TPSA) is 36.9 Å². The molecule has 0 spiro atoms. The molecule has 5 heteroatoms. The number of rotatable bonds is 7. The van der Waals surface area contributed by atoms with Crippen molar-refractivity contribution < 1.29 is 18.8 Å². The summed E-state index contributed by atoms with van der Waals surface area (Å²) >= 11 is 0. The summed E-state index contributed by atoms with van der Waals surface area (Å²) in [4.78, 5) is 0. The van der Waals surface area contributed by atoms with E-state index in [1.165, 1.54) is 0 Å². The molecule has 1 saturated heterocycles. The van der Waals surface area contributed by atoms with Gasteiger partial charge in [-0.1, -0.05) is 6.08 Å². The first-order valence-corrected chi connectivity index (χ1v) is 8.84. The summed E-state index contributed by atoms with van der Waals surface area (Å²) in [7, 11) is 3.13. The third-order valence-electron chi connectivity index (χ3n) is 5.42. The number of aryl methyl sites for hydroxylation is 1. The highest BCUT2D eigenvalue weighted by atomic mass is 16.7. The molecule has 2 rings (SSSR count). The minimum atomic E-state index is -0.328. The first kappa shape index (κ1) is 19.9. The highest BCUT2D eigenvalue weighted by Crippen LogP contribution is 2.43. The van der Waals surface area contributed by atoms with Crippen LogP contribution in [-0.2, 0) is 9.31 Å². The van der Waals surface area contributed by atoms with Gasteiger partial charge < -0.3 is 18.8 Å². The van der Waals surface area contributed by atoms with Crippen molar-refractivity contribution in [1.82, 2.24) is 0 Å². The van der Waals surface area contributed by atoms with Crippen LogP contribution in [0.3, 0.4) is 0 Å². The second kappa shape index (κ2) is 7.42. The lowest BCUT2D eigenvalue weighted by molar-refractivity contribution is 0.00578. The Morgan fingerprint density at radius 1 is 1.08 bits per heavy atom. The molecule has 0 unspecified atom stereocenters. The molecule has 0 aliphatic carbocycles. The molecule has 138 valence electrons. The molecule has 1 aromatic rings. The van der Waals surface area contributed by atoms with E-state index in [9.17, 15) is 0 Å². The Balaban J connectivity index is 2.31. The van der Waals surface area contributed by atoms with Crippen LogP contribution in [0.5, 0.6) is 11.5 Å². The lowest BCUT2D eigenvalue weighted by Gasteiger charge is -2.32. The smallest absolute Gasteiger partial charge is 0.458 e. The Kier molecular flexibility index (Phi) is 5.90. The summed E-state index contributed by atoms with van der Waals surface area (Å²) < 4.78 is 23.5. The second-order valence-corrected chi connectivity index (χ2v) is 7.71. The maximum Gasteiger partial charge on any atom is 0.458 e. The van der Waals surface area contributed by atoms with Gasteiger partial charge in [-0.2, -0.15) is 0 Å². The minimum absolute atomic E-state index is 0.177. The Labute approximate surface area is 152 Å². The van der Waals surface area contributed by atoms with Crippen molar-refractivity contribution in [3.8, 4) is 11.5 Å². The molecular weight excluding hydrogens is 315 g/mol. The molecule has 1 aromatic carbocycles. The third kappa shape index (κ3) is 4.04. The Morgan fingerprint density at radius 2 is 1.64 bits per heavy atom. The molecule has 0 radical (unpaired) electrons. The maximum atomic E-state index is 6.19. The van der Waals surface area contributed by atoms with Gasteiger partial charge in [0.2, 0.25) is 0 Å². The molecule has 0 amide bonds. The van der Waals surface area contributed by atoms with E-state index < -0.39 is 0 Å². The SMILES string of the molecule is C=CC[C@@H](CB1OC(C)(C)C(C)(C)O1)c1cc(OC)c(C)cc1OC. The number of allylic oxidation sites excluding steroid dienone is 1. The van der Waals surface area contributed by atoms with Crippen LogP contribution in [0, 0.1) is 6.92 Å². The number of ether oxygens (including phenoxy) is 2. The molecule has 1 heterocycles. The maximum absolute atomic E-state index is 6.19. The number of benzene rings is 1. The average molecular weight is 346 g/mol. The summed E-state index contributed by atoms with van der Waals surface area (Å²) in [5, 5.41) is 0. The number of hydrogen-bond donors (Lipinski definition) is 0. The lowest BCUT2D eigenvalue weighted by atomic mass is 9.73. The van der Waals surface area contributed by atoms with Crippen molar-refractivity contribution in [3.05, 3.63) is 35.9 Å². The van der Waals surface area contributed by atoms with Gasteiger partial charge in [0.05, 0.1) is 25.4 Å². The highest BCUT2D eigenvalue weighted by Gasteiger charge is 2.51. The molecule has 0 aromatic heterocycles. The van der Waals surface area contributed by atoms with E-state index >= 15 is 0 Å². The molecule has 1 atom stereocenters. The van der Waals surface area contributed by atoms with Gasteiger partial charge >= 0.3 is 7.12 Å². The van der Waals surface area contributed by atoms with Crippen LogP contribution >= 0.6 is 0 Å². The molecule has 4 nitrogen and oxygen atoms in total. The zero-order valence-electron chi connectivity index (χ0n) is 16.6. The summed E-state index contributed by atoms with van der Waals surface area (Å²) in [5.74, 6) is 1.90. The number of hydrogen-bond acceptors (Lipinski definition) is 4. The van der Waals surface area contributed by atoms with Crippen LogP contribution in [0.1, 0.15) is 51.2 Å². The molecular formula is C20H31BO4. The van der Waals surface area contributed by atoms with Crippen molar-refractivity contribution >= 4 is 7.12 Å². The summed E-state index contributed by atoms with van der Waals surface area (Å²) in [5.41, 5.74) is 1.49. The Morgan fingerprint density at radius 3 is 2.12 bits per heavy atom. The van der Waals surface area contributed by atoms with E-state index in [0.29, 0.717) is 0 Å². The van der Waals surface area contributed by atoms with Crippen molar-refractivity contribution in [2.45, 2.75) is 64.5 Å². The lowest BCUT2D eigenvalue weighted by Crippen LogP contribution is -2.41. The van der Waals surface area contributed by atoms with E-state index in [1.54, 1.807) is 14.2 Å². The normalized spacial score (nSPS) is 19.6. The fourth-order valence-electron chi connectivity index (χ4n) is 3.24. The zero-order valence-corrected chi connectivity index (χ0v) is 16.6. The largest absolute Gasteiger partial charge is 0.496 e. The summed E-state index contributed by atoms with van der Waals surface area (Å²) in [6.45, 7) is 14.2. The van der Waals surface area contributed by atoms with Gasteiger partial charge in [0.15, 0.2) is 0 Å². The van der Waals surface area contributed by atoms with Crippen LogP contribution in [-0.4, -0.2) is 32.5 Å². The standard InChI is InChI=1S/C20H31BO4/c1-9-10-15(13-21-24-19(3,4)20(5,6)25-21)16-12-17(22-7)14(2)11-18(16)23-8/h9,11-12,15H,1,10,13H2,2-8H3/t15-/m0/s1. The van der Waals surface area contributed by atoms with Crippen LogP contribution in [0.4, 0.5) is 0 Å². The van der Waals surface area contributed by atoms with Gasteiger partial charge in [0, 0.05) is 5.56 Å². The third-order valence-corrected chi connectivity index (χ3v) is 5.42. The van der Waals surface area contributed by atoms with Gasteiger partial charge in [0.25, 0.3) is 0 Å². The Hall–Kier alpha value is -1.46. The van der Waals surface area contributed by atoms with E-state index in [4.69, 9.17) is 18.8 Å². The predicted molar refractivity (Wildman–Crippen MR) is 103 cm³/mol. The molecule has 0 N–H and O–H groups in total. The quantitative estimate of drug-likeness (QED) is 0.527. The van der Waals surface area contributed by atoms with Gasteiger partial charge in [-0.15, -0.1) is 6.58 Å². The van der Waals surface area contributed by atoms with Crippen molar-refractivity contribution in [1.29, 1.82) is 0 Å². The second-order valence-electron chi connectivity index (χ2n) is 7.71. The van der Waals surface area contributed by atoms with E-state index in [-0.39, 0.29) is 24.2 Å².